The fourth-order valence-corrected chi connectivity index (χ4v) is 2.47. The fraction of sp³-hybridized carbons (Fsp3) is 1.00. The van der Waals surface area contributed by atoms with E-state index in [9.17, 15) is 0 Å². The van der Waals surface area contributed by atoms with Crippen LogP contribution in [0.2, 0.25) is 0 Å². The zero-order valence-electron chi connectivity index (χ0n) is 20.3. The Morgan fingerprint density at radius 2 is 0.688 bits per heavy atom. The molecule has 0 saturated carbocycles. The Labute approximate surface area is 194 Å². The molecule has 0 spiro atoms. The molecule has 0 aliphatic carbocycles. The third-order valence-electron chi connectivity index (χ3n) is 4.16. The Kier molecular flexibility index (Phi) is 28.3. The molecule has 0 saturated heterocycles. The number of ether oxygens (including phenoxy) is 8. The molecule has 10 heteroatoms. The summed E-state index contributed by atoms with van der Waals surface area (Å²) >= 11 is 0. The van der Waals surface area contributed by atoms with E-state index in [4.69, 9.17) is 43.0 Å². The van der Waals surface area contributed by atoms with Gasteiger partial charge < -0.3 is 43.0 Å². The average Bonchev–Trinajstić information content (AvgIpc) is 2.80. The quantitative estimate of drug-likeness (QED) is 0.163. The molecule has 0 amide bonds. The summed E-state index contributed by atoms with van der Waals surface area (Å²) in [5, 5.41) is 8.69. The molecule has 0 aromatic carbocycles. The highest BCUT2D eigenvalue weighted by atomic mass is 16.6. The lowest BCUT2D eigenvalue weighted by atomic mass is 10.4. The van der Waals surface area contributed by atoms with Crippen LogP contribution in [-0.2, 0) is 37.9 Å². The SMILES string of the molecule is CCOCCOCCOCCN(CCOCCOCCO)CCOCCOCCOCC. The van der Waals surface area contributed by atoms with E-state index >= 15 is 0 Å². The molecule has 0 bridgehead atoms. The van der Waals surface area contributed by atoms with Crippen LogP contribution in [0.15, 0.2) is 0 Å². The van der Waals surface area contributed by atoms with Crippen molar-refractivity contribution in [3.8, 4) is 0 Å². The normalized spacial score (nSPS) is 11.6. The lowest BCUT2D eigenvalue weighted by molar-refractivity contribution is -0.00265. The second-order valence-corrected chi connectivity index (χ2v) is 6.63. The first-order valence-corrected chi connectivity index (χ1v) is 11.8. The van der Waals surface area contributed by atoms with Crippen LogP contribution in [0.5, 0.6) is 0 Å². The number of rotatable bonds is 28. The molecule has 0 heterocycles. The molecule has 10 nitrogen and oxygen atoms in total. The molecule has 0 radical (unpaired) electrons. The minimum absolute atomic E-state index is 0.0306. The lowest BCUT2D eigenvalue weighted by Crippen LogP contribution is -2.34. The Balaban J connectivity index is 3.82. The van der Waals surface area contributed by atoms with Crippen LogP contribution < -0.4 is 0 Å². The van der Waals surface area contributed by atoms with Crippen LogP contribution in [0, 0.1) is 0 Å². The topological polar surface area (TPSA) is 97.3 Å². The van der Waals surface area contributed by atoms with Crippen molar-refractivity contribution >= 4 is 0 Å². The first kappa shape index (κ1) is 31.6. The number of aliphatic hydroxyl groups is 1. The maximum Gasteiger partial charge on any atom is 0.0701 e. The average molecular weight is 470 g/mol. The van der Waals surface area contributed by atoms with Crippen molar-refractivity contribution in [1.82, 2.24) is 4.90 Å². The summed E-state index contributed by atoms with van der Waals surface area (Å²) in [6.45, 7) is 15.6. The van der Waals surface area contributed by atoms with Gasteiger partial charge in [0.1, 0.15) is 0 Å². The number of hydrogen-bond acceptors (Lipinski definition) is 10. The van der Waals surface area contributed by atoms with Gasteiger partial charge in [-0.25, -0.2) is 0 Å². The second kappa shape index (κ2) is 28.6. The van der Waals surface area contributed by atoms with Crippen LogP contribution in [-0.4, -0.2) is 142 Å². The van der Waals surface area contributed by atoms with Crippen molar-refractivity contribution in [3.63, 3.8) is 0 Å². The molecular weight excluding hydrogens is 422 g/mol. The largest absolute Gasteiger partial charge is 0.394 e. The molecule has 194 valence electrons. The van der Waals surface area contributed by atoms with Gasteiger partial charge in [0.05, 0.1) is 99.1 Å². The molecular formula is C22H47NO9. The molecule has 0 unspecified atom stereocenters. The van der Waals surface area contributed by atoms with Crippen molar-refractivity contribution < 1.29 is 43.0 Å². The Hall–Kier alpha value is -0.400. The first-order chi connectivity index (χ1) is 15.8. The van der Waals surface area contributed by atoms with Gasteiger partial charge in [-0.15, -0.1) is 0 Å². The molecule has 0 aliphatic heterocycles. The van der Waals surface area contributed by atoms with Crippen molar-refractivity contribution in [2.45, 2.75) is 13.8 Å². The van der Waals surface area contributed by atoms with E-state index in [1.165, 1.54) is 0 Å². The zero-order chi connectivity index (χ0) is 23.4. The van der Waals surface area contributed by atoms with Crippen molar-refractivity contribution in [2.75, 3.05) is 132 Å². The predicted octanol–water partition coefficient (Wildman–Crippen LogP) is 0.453. The summed E-state index contributed by atoms with van der Waals surface area (Å²) in [6, 6.07) is 0. The van der Waals surface area contributed by atoms with Gasteiger partial charge >= 0.3 is 0 Å². The molecule has 0 aromatic rings. The van der Waals surface area contributed by atoms with Crippen LogP contribution in [0.4, 0.5) is 0 Å². The highest BCUT2D eigenvalue weighted by Crippen LogP contribution is 1.93. The van der Waals surface area contributed by atoms with E-state index in [0.29, 0.717) is 106 Å². The predicted molar refractivity (Wildman–Crippen MR) is 121 cm³/mol. The van der Waals surface area contributed by atoms with Crippen molar-refractivity contribution in [1.29, 1.82) is 0 Å². The van der Waals surface area contributed by atoms with E-state index in [1.54, 1.807) is 0 Å². The minimum atomic E-state index is 0.0306. The molecule has 0 aliphatic rings. The second-order valence-electron chi connectivity index (χ2n) is 6.63. The zero-order valence-corrected chi connectivity index (χ0v) is 20.3. The number of hydrogen-bond donors (Lipinski definition) is 1. The summed E-state index contributed by atoms with van der Waals surface area (Å²) in [7, 11) is 0. The monoisotopic (exact) mass is 469 g/mol. The summed E-state index contributed by atoms with van der Waals surface area (Å²) in [6.07, 6.45) is 0. The van der Waals surface area contributed by atoms with Crippen molar-refractivity contribution in [3.05, 3.63) is 0 Å². The molecule has 0 atom stereocenters. The highest BCUT2D eigenvalue weighted by Gasteiger charge is 2.05. The Morgan fingerprint density at radius 3 is 1.00 bits per heavy atom. The van der Waals surface area contributed by atoms with E-state index in [1.807, 2.05) is 13.8 Å². The summed E-state index contributed by atoms with van der Waals surface area (Å²) in [5.41, 5.74) is 0. The standard InChI is InChI=1S/C22H47NO9/c1-3-25-13-15-31-21-18-28-10-6-23(5-9-27-17-20-30-12-8-24)7-11-29-19-22-32-16-14-26-4-2/h24H,3-22H2,1-2H3. The van der Waals surface area contributed by atoms with Gasteiger partial charge in [0.25, 0.3) is 0 Å². The van der Waals surface area contributed by atoms with Gasteiger partial charge in [0.15, 0.2) is 0 Å². The van der Waals surface area contributed by atoms with Crippen LogP contribution in [0.25, 0.3) is 0 Å². The van der Waals surface area contributed by atoms with E-state index in [-0.39, 0.29) is 6.61 Å². The Bertz CT molecular complexity index is 319. The van der Waals surface area contributed by atoms with Crippen LogP contribution in [0.1, 0.15) is 13.8 Å². The third-order valence-corrected chi connectivity index (χ3v) is 4.16. The minimum Gasteiger partial charge on any atom is -0.394 e. The number of nitrogens with zero attached hydrogens (tertiary/aromatic N) is 1. The van der Waals surface area contributed by atoms with Crippen LogP contribution in [0.3, 0.4) is 0 Å². The summed E-state index contributed by atoms with van der Waals surface area (Å²) in [4.78, 5) is 2.25. The van der Waals surface area contributed by atoms with Gasteiger partial charge in [-0.2, -0.15) is 0 Å². The van der Waals surface area contributed by atoms with Crippen LogP contribution >= 0.6 is 0 Å². The van der Waals surface area contributed by atoms with Gasteiger partial charge in [-0.3, -0.25) is 4.90 Å². The van der Waals surface area contributed by atoms with E-state index in [0.717, 1.165) is 19.6 Å². The van der Waals surface area contributed by atoms with E-state index < -0.39 is 0 Å². The third kappa shape index (κ3) is 25.9. The molecule has 0 aromatic heterocycles. The first-order valence-electron chi connectivity index (χ1n) is 11.8. The summed E-state index contributed by atoms with van der Waals surface area (Å²) < 4.78 is 43.5. The molecule has 32 heavy (non-hydrogen) atoms. The smallest absolute Gasteiger partial charge is 0.0701 e. The van der Waals surface area contributed by atoms with Gasteiger partial charge in [0, 0.05) is 32.8 Å². The summed E-state index contributed by atoms with van der Waals surface area (Å²) in [5.74, 6) is 0. The maximum absolute atomic E-state index is 8.69. The maximum atomic E-state index is 8.69. The fourth-order valence-electron chi connectivity index (χ4n) is 2.47. The van der Waals surface area contributed by atoms with Gasteiger partial charge in [-0.1, -0.05) is 0 Å². The van der Waals surface area contributed by atoms with Gasteiger partial charge in [0.2, 0.25) is 0 Å². The Morgan fingerprint density at radius 1 is 0.406 bits per heavy atom. The molecule has 0 rings (SSSR count). The lowest BCUT2D eigenvalue weighted by Gasteiger charge is -2.22. The highest BCUT2D eigenvalue weighted by molar-refractivity contribution is 4.57. The number of aliphatic hydroxyl groups excluding tert-OH is 1. The van der Waals surface area contributed by atoms with Crippen molar-refractivity contribution in [2.24, 2.45) is 0 Å². The van der Waals surface area contributed by atoms with Gasteiger partial charge in [-0.05, 0) is 13.8 Å². The van der Waals surface area contributed by atoms with E-state index in [2.05, 4.69) is 4.90 Å². The molecule has 1 N–H and O–H groups in total. The molecule has 0 fully saturated rings.